The monoisotopic (exact) mass is 490 g/mol. The van der Waals surface area contributed by atoms with Crippen molar-refractivity contribution in [1.29, 1.82) is 0 Å². The molecule has 0 saturated carbocycles. The summed E-state index contributed by atoms with van der Waals surface area (Å²) in [6.07, 6.45) is 3.49. The number of esters is 1. The first kappa shape index (κ1) is 24.2. The molecule has 2 aromatic carbocycles. The SMILES string of the molecule is C=CCOc1ccc(C=c2sc3n(c2=O)C(c2ccccc2OC)C(C(=O)OCC)=C(C)N=3)cc1. The molecule has 4 rings (SSSR count). The largest absolute Gasteiger partial charge is 0.496 e. The summed E-state index contributed by atoms with van der Waals surface area (Å²) in [5, 5.41) is 0. The van der Waals surface area contributed by atoms with Crippen LogP contribution >= 0.6 is 11.3 Å². The molecule has 0 N–H and O–H groups in total. The molecule has 8 heteroatoms. The molecule has 35 heavy (non-hydrogen) atoms. The van der Waals surface area contributed by atoms with Crippen LogP contribution in [0.4, 0.5) is 0 Å². The number of allylic oxidation sites excluding steroid dienone is 1. The predicted octanol–water partition coefficient (Wildman–Crippen LogP) is 3.37. The number of rotatable bonds is 8. The first-order valence-electron chi connectivity index (χ1n) is 11.1. The molecule has 2 heterocycles. The second-order valence-electron chi connectivity index (χ2n) is 7.71. The number of ether oxygens (including phenoxy) is 3. The lowest BCUT2D eigenvalue weighted by molar-refractivity contribution is -0.139. The highest BCUT2D eigenvalue weighted by molar-refractivity contribution is 7.07. The van der Waals surface area contributed by atoms with Crippen LogP contribution in [0.1, 0.15) is 31.0 Å². The van der Waals surface area contributed by atoms with Gasteiger partial charge in [0.1, 0.15) is 24.1 Å². The molecule has 180 valence electrons. The summed E-state index contributed by atoms with van der Waals surface area (Å²) in [4.78, 5) is 31.8. The molecule has 0 fully saturated rings. The minimum atomic E-state index is -0.724. The maximum absolute atomic E-state index is 13.7. The number of methoxy groups -OCH3 is 1. The quantitative estimate of drug-likeness (QED) is 0.357. The Kier molecular flexibility index (Phi) is 7.31. The van der Waals surface area contributed by atoms with E-state index < -0.39 is 12.0 Å². The third kappa shape index (κ3) is 4.83. The van der Waals surface area contributed by atoms with Gasteiger partial charge in [-0.25, -0.2) is 9.79 Å². The van der Waals surface area contributed by atoms with Gasteiger partial charge in [-0.3, -0.25) is 9.36 Å². The summed E-state index contributed by atoms with van der Waals surface area (Å²) in [5.41, 5.74) is 2.11. The van der Waals surface area contributed by atoms with E-state index in [9.17, 15) is 9.59 Å². The zero-order valence-corrected chi connectivity index (χ0v) is 20.6. The third-order valence-electron chi connectivity index (χ3n) is 5.50. The molecule has 0 spiro atoms. The van der Waals surface area contributed by atoms with Crippen LogP contribution in [-0.2, 0) is 9.53 Å². The van der Waals surface area contributed by atoms with Gasteiger partial charge in [-0.1, -0.05) is 54.3 Å². The smallest absolute Gasteiger partial charge is 0.338 e. The number of hydrogen-bond donors (Lipinski definition) is 0. The highest BCUT2D eigenvalue weighted by Gasteiger charge is 2.34. The second kappa shape index (κ2) is 10.6. The average molecular weight is 491 g/mol. The van der Waals surface area contributed by atoms with Crippen molar-refractivity contribution in [3.8, 4) is 11.5 Å². The lowest BCUT2D eigenvalue weighted by atomic mass is 9.95. The minimum Gasteiger partial charge on any atom is -0.496 e. The zero-order chi connectivity index (χ0) is 24.9. The number of fused-ring (bicyclic) bond motifs is 1. The highest BCUT2D eigenvalue weighted by atomic mass is 32.1. The summed E-state index contributed by atoms with van der Waals surface area (Å²) in [5.74, 6) is 0.780. The summed E-state index contributed by atoms with van der Waals surface area (Å²) in [6.45, 7) is 7.78. The number of nitrogens with zero attached hydrogens (tertiary/aromatic N) is 2. The number of para-hydroxylation sites is 1. The molecule has 1 atom stereocenters. The molecular weight excluding hydrogens is 464 g/mol. The van der Waals surface area contributed by atoms with Gasteiger partial charge in [0.25, 0.3) is 5.56 Å². The van der Waals surface area contributed by atoms with Gasteiger partial charge >= 0.3 is 5.97 Å². The van der Waals surface area contributed by atoms with Crippen molar-refractivity contribution in [3.05, 3.63) is 103 Å². The Hall–Kier alpha value is -3.91. The van der Waals surface area contributed by atoms with Crippen LogP contribution in [-0.4, -0.2) is 30.9 Å². The molecule has 0 amide bonds. The van der Waals surface area contributed by atoms with Gasteiger partial charge in [-0.05, 0) is 43.7 Å². The Bertz CT molecular complexity index is 1460. The zero-order valence-electron chi connectivity index (χ0n) is 19.8. The maximum atomic E-state index is 13.7. The molecule has 1 aliphatic rings. The fraction of sp³-hybridized carbons (Fsp3) is 0.222. The van der Waals surface area contributed by atoms with Crippen molar-refractivity contribution in [2.24, 2.45) is 4.99 Å². The molecular formula is C27H26N2O5S. The Labute approximate surface area is 206 Å². The van der Waals surface area contributed by atoms with Crippen LogP contribution in [0.15, 0.2) is 82.2 Å². The van der Waals surface area contributed by atoms with Crippen molar-refractivity contribution < 1.29 is 19.0 Å². The van der Waals surface area contributed by atoms with E-state index in [0.29, 0.717) is 38.5 Å². The summed E-state index contributed by atoms with van der Waals surface area (Å²) < 4.78 is 18.5. The van der Waals surface area contributed by atoms with Crippen LogP contribution in [0, 0.1) is 0 Å². The number of thiazole rings is 1. The van der Waals surface area contributed by atoms with E-state index in [1.807, 2.05) is 48.5 Å². The van der Waals surface area contributed by atoms with E-state index in [1.54, 1.807) is 37.7 Å². The Morgan fingerprint density at radius 3 is 2.63 bits per heavy atom. The van der Waals surface area contributed by atoms with Gasteiger partial charge in [-0.15, -0.1) is 0 Å². The van der Waals surface area contributed by atoms with Gasteiger partial charge < -0.3 is 14.2 Å². The number of hydrogen-bond acceptors (Lipinski definition) is 7. The molecule has 1 unspecified atom stereocenters. The number of carbonyl (C=O) groups is 1. The van der Waals surface area contributed by atoms with Crippen LogP contribution in [0.5, 0.6) is 11.5 Å². The summed E-state index contributed by atoms with van der Waals surface area (Å²) in [6, 6.07) is 14.1. The molecule has 3 aromatic rings. The molecule has 0 saturated heterocycles. The summed E-state index contributed by atoms with van der Waals surface area (Å²) >= 11 is 1.27. The minimum absolute atomic E-state index is 0.213. The Morgan fingerprint density at radius 1 is 1.20 bits per heavy atom. The topological polar surface area (TPSA) is 79.1 Å². The fourth-order valence-corrected chi connectivity index (χ4v) is 4.99. The number of carbonyl (C=O) groups excluding carboxylic acids is 1. The van der Waals surface area contributed by atoms with E-state index in [0.717, 1.165) is 11.3 Å². The number of aromatic nitrogens is 1. The molecule has 0 radical (unpaired) electrons. The highest BCUT2D eigenvalue weighted by Crippen LogP contribution is 2.35. The van der Waals surface area contributed by atoms with Gasteiger partial charge in [0.2, 0.25) is 0 Å². The van der Waals surface area contributed by atoms with E-state index in [1.165, 1.54) is 11.3 Å². The van der Waals surface area contributed by atoms with Crippen LogP contribution in [0.25, 0.3) is 6.08 Å². The third-order valence-corrected chi connectivity index (χ3v) is 6.48. The second-order valence-corrected chi connectivity index (χ2v) is 8.72. The van der Waals surface area contributed by atoms with Crippen molar-refractivity contribution in [1.82, 2.24) is 4.57 Å². The van der Waals surface area contributed by atoms with Gasteiger partial charge in [0.05, 0.1) is 29.5 Å². The van der Waals surface area contributed by atoms with E-state index >= 15 is 0 Å². The number of benzene rings is 2. The molecule has 1 aliphatic heterocycles. The summed E-state index contributed by atoms with van der Waals surface area (Å²) in [7, 11) is 1.56. The fourth-order valence-electron chi connectivity index (χ4n) is 3.94. The maximum Gasteiger partial charge on any atom is 0.338 e. The van der Waals surface area contributed by atoms with Crippen LogP contribution in [0.3, 0.4) is 0 Å². The van der Waals surface area contributed by atoms with Crippen molar-refractivity contribution in [2.45, 2.75) is 19.9 Å². The van der Waals surface area contributed by atoms with E-state index in [2.05, 4.69) is 11.6 Å². The lowest BCUT2D eigenvalue weighted by Gasteiger charge is -2.25. The standard InChI is InChI=1S/C27H26N2O5S/c1-5-15-34-19-13-11-18(12-14-19)16-22-25(30)29-24(20-9-7-8-10-21(20)32-4)23(26(31)33-6-2)17(3)28-27(29)35-22/h5,7-14,16,24H,1,6,15H2,2-4H3. The van der Waals surface area contributed by atoms with Crippen LogP contribution in [0.2, 0.25) is 0 Å². The van der Waals surface area contributed by atoms with E-state index in [-0.39, 0.29) is 12.2 Å². The van der Waals surface area contributed by atoms with E-state index in [4.69, 9.17) is 14.2 Å². The average Bonchev–Trinajstić information content (AvgIpc) is 3.17. The first-order chi connectivity index (χ1) is 17.0. The van der Waals surface area contributed by atoms with Gasteiger partial charge in [-0.2, -0.15) is 0 Å². The lowest BCUT2D eigenvalue weighted by Crippen LogP contribution is -2.40. The van der Waals surface area contributed by atoms with Crippen molar-refractivity contribution >= 4 is 23.4 Å². The van der Waals surface area contributed by atoms with Gasteiger partial charge in [0, 0.05) is 5.56 Å². The van der Waals surface area contributed by atoms with Crippen molar-refractivity contribution in [2.75, 3.05) is 20.3 Å². The molecule has 0 aliphatic carbocycles. The molecule has 0 bridgehead atoms. The normalized spacial score (nSPS) is 15.3. The van der Waals surface area contributed by atoms with Gasteiger partial charge in [0.15, 0.2) is 4.80 Å². The molecule has 1 aromatic heterocycles. The molecule has 7 nitrogen and oxygen atoms in total. The van der Waals surface area contributed by atoms with Crippen LogP contribution < -0.4 is 24.4 Å². The first-order valence-corrected chi connectivity index (χ1v) is 12.0. The van der Waals surface area contributed by atoms with Crippen molar-refractivity contribution in [3.63, 3.8) is 0 Å². The Morgan fingerprint density at radius 2 is 1.94 bits per heavy atom. The predicted molar refractivity (Wildman–Crippen MR) is 136 cm³/mol. The Balaban J connectivity index is 1.88.